The summed E-state index contributed by atoms with van der Waals surface area (Å²) >= 11 is 1.38. The summed E-state index contributed by atoms with van der Waals surface area (Å²) in [5.41, 5.74) is -1.47. The second-order valence-electron chi connectivity index (χ2n) is 3.73. The van der Waals surface area contributed by atoms with Gasteiger partial charge in [0.1, 0.15) is 5.75 Å². The quantitative estimate of drug-likeness (QED) is 0.642. The van der Waals surface area contributed by atoms with E-state index in [4.69, 9.17) is 4.74 Å². The van der Waals surface area contributed by atoms with Crippen LogP contribution in [0.4, 0.5) is 0 Å². The number of carbonyl (C=O) groups is 1. The third kappa shape index (κ3) is 3.94. The molecular formula is C12H16O4S. The Labute approximate surface area is 105 Å². The molecule has 17 heavy (non-hydrogen) atoms. The molecule has 0 bridgehead atoms. The highest BCUT2D eigenvalue weighted by Crippen LogP contribution is 2.25. The van der Waals surface area contributed by atoms with Gasteiger partial charge in [0.05, 0.1) is 14.2 Å². The molecule has 1 aromatic rings. The van der Waals surface area contributed by atoms with Crippen molar-refractivity contribution in [3.8, 4) is 5.75 Å². The minimum absolute atomic E-state index is 0.242. The van der Waals surface area contributed by atoms with Crippen LogP contribution < -0.4 is 4.74 Å². The zero-order valence-corrected chi connectivity index (χ0v) is 10.9. The van der Waals surface area contributed by atoms with Crippen LogP contribution >= 0.6 is 11.8 Å². The van der Waals surface area contributed by atoms with Crippen LogP contribution in [0.1, 0.15) is 6.92 Å². The van der Waals surface area contributed by atoms with Crippen molar-refractivity contribution in [2.45, 2.75) is 17.4 Å². The highest BCUT2D eigenvalue weighted by atomic mass is 32.2. The van der Waals surface area contributed by atoms with Gasteiger partial charge in [-0.05, 0) is 31.2 Å². The third-order valence-electron chi connectivity index (χ3n) is 2.20. The summed E-state index contributed by atoms with van der Waals surface area (Å²) in [7, 11) is 2.86. The maximum absolute atomic E-state index is 11.2. The second kappa shape index (κ2) is 5.93. The minimum Gasteiger partial charge on any atom is -0.497 e. The largest absolute Gasteiger partial charge is 0.497 e. The molecule has 1 unspecified atom stereocenters. The first-order chi connectivity index (χ1) is 7.99. The maximum atomic E-state index is 11.2. The molecule has 0 saturated heterocycles. The van der Waals surface area contributed by atoms with Crippen molar-refractivity contribution in [1.82, 2.24) is 0 Å². The van der Waals surface area contributed by atoms with Crippen LogP contribution in [-0.4, -0.2) is 36.6 Å². The molecule has 5 heteroatoms. The topological polar surface area (TPSA) is 55.8 Å². The molecule has 0 heterocycles. The number of rotatable bonds is 5. The van der Waals surface area contributed by atoms with Crippen LogP contribution in [0.15, 0.2) is 29.2 Å². The number of esters is 1. The zero-order chi connectivity index (χ0) is 12.9. The lowest BCUT2D eigenvalue weighted by Crippen LogP contribution is -2.38. The van der Waals surface area contributed by atoms with Gasteiger partial charge in [-0.2, -0.15) is 0 Å². The monoisotopic (exact) mass is 256 g/mol. The Balaban J connectivity index is 2.57. The van der Waals surface area contributed by atoms with Crippen LogP contribution in [0.25, 0.3) is 0 Å². The Morgan fingerprint density at radius 2 is 1.94 bits per heavy atom. The predicted molar refractivity (Wildman–Crippen MR) is 66.4 cm³/mol. The van der Waals surface area contributed by atoms with Crippen molar-refractivity contribution in [3.05, 3.63) is 24.3 Å². The molecule has 1 atom stereocenters. The molecule has 4 nitrogen and oxygen atoms in total. The molecule has 0 aromatic heterocycles. The van der Waals surface area contributed by atoms with Crippen LogP contribution in [0, 0.1) is 0 Å². The molecule has 0 aliphatic heterocycles. The Morgan fingerprint density at radius 1 is 1.35 bits per heavy atom. The molecule has 0 saturated carbocycles. The Bertz CT molecular complexity index is 373. The number of benzene rings is 1. The number of methoxy groups -OCH3 is 2. The fourth-order valence-electron chi connectivity index (χ4n) is 1.17. The summed E-state index contributed by atoms with van der Waals surface area (Å²) in [5, 5.41) is 9.82. The van der Waals surface area contributed by atoms with Crippen LogP contribution in [0.3, 0.4) is 0 Å². The summed E-state index contributed by atoms with van der Waals surface area (Å²) < 4.78 is 9.56. The van der Waals surface area contributed by atoms with Gasteiger partial charge in [-0.3, -0.25) is 0 Å². The van der Waals surface area contributed by atoms with Crippen molar-refractivity contribution in [2.24, 2.45) is 0 Å². The first-order valence-electron chi connectivity index (χ1n) is 5.07. The fourth-order valence-corrected chi connectivity index (χ4v) is 2.07. The van der Waals surface area contributed by atoms with Gasteiger partial charge in [-0.15, -0.1) is 11.8 Å². The standard InChI is InChI=1S/C12H16O4S/c1-12(14,11(13)16-3)8-17-10-6-4-9(15-2)5-7-10/h4-7,14H,8H2,1-3H3. The Kier molecular flexibility index (Phi) is 4.84. The lowest BCUT2D eigenvalue weighted by Gasteiger charge is -2.19. The molecule has 0 spiro atoms. The van der Waals surface area contributed by atoms with E-state index in [0.29, 0.717) is 0 Å². The second-order valence-corrected chi connectivity index (χ2v) is 4.78. The SMILES string of the molecule is COC(=O)C(C)(O)CSc1ccc(OC)cc1. The lowest BCUT2D eigenvalue weighted by atomic mass is 10.1. The van der Waals surface area contributed by atoms with Crippen molar-refractivity contribution in [3.63, 3.8) is 0 Å². The molecule has 1 N–H and O–H groups in total. The molecule has 94 valence electrons. The van der Waals surface area contributed by atoms with E-state index in [-0.39, 0.29) is 5.75 Å². The Morgan fingerprint density at radius 3 is 2.41 bits per heavy atom. The summed E-state index contributed by atoms with van der Waals surface area (Å²) in [6.45, 7) is 1.44. The number of hydrogen-bond donors (Lipinski definition) is 1. The zero-order valence-electron chi connectivity index (χ0n) is 10.1. The average Bonchev–Trinajstić information content (AvgIpc) is 2.36. The Hall–Kier alpha value is -1.20. The van der Waals surface area contributed by atoms with E-state index in [1.165, 1.54) is 25.8 Å². The van der Waals surface area contributed by atoms with Crippen molar-refractivity contribution >= 4 is 17.7 Å². The molecule has 0 fully saturated rings. The molecule has 0 radical (unpaired) electrons. The summed E-state index contributed by atoms with van der Waals surface area (Å²) in [6.07, 6.45) is 0. The molecule has 0 aliphatic carbocycles. The van der Waals surface area contributed by atoms with E-state index in [1.807, 2.05) is 24.3 Å². The number of thioether (sulfide) groups is 1. The van der Waals surface area contributed by atoms with Gasteiger partial charge in [0, 0.05) is 10.6 Å². The summed E-state index contributed by atoms with van der Waals surface area (Å²) in [5.74, 6) is 0.388. The third-order valence-corrected chi connectivity index (χ3v) is 3.52. The van der Waals surface area contributed by atoms with Gasteiger partial charge in [0.15, 0.2) is 5.60 Å². The number of hydrogen-bond acceptors (Lipinski definition) is 5. The van der Waals surface area contributed by atoms with E-state index < -0.39 is 11.6 Å². The van der Waals surface area contributed by atoms with Gasteiger partial charge in [-0.1, -0.05) is 0 Å². The average molecular weight is 256 g/mol. The van der Waals surface area contributed by atoms with Gasteiger partial charge >= 0.3 is 5.97 Å². The van der Waals surface area contributed by atoms with Crippen molar-refractivity contribution < 1.29 is 19.4 Å². The lowest BCUT2D eigenvalue weighted by molar-refractivity contribution is -0.158. The van der Waals surface area contributed by atoms with Gasteiger partial charge in [-0.25, -0.2) is 4.79 Å². The normalized spacial score (nSPS) is 13.9. The molecule has 0 aliphatic rings. The summed E-state index contributed by atoms with van der Waals surface area (Å²) in [4.78, 5) is 12.2. The number of ether oxygens (including phenoxy) is 2. The van der Waals surface area contributed by atoms with Gasteiger partial charge in [0.2, 0.25) is 0 Å². The highest BCUT2D eigenvalue weighted by molar-refractivity contribution is 7.99. The molecular weight excluding hydrogens is 240 g/mol. The molecule has 0 amide bonds. The van der Waals surface area contributed by atoms with Gasteiger partial charge < -0.3 is 14.6 Å². The van der Waals surface area contributed by atoms with Crippen molar-refractivity contribution in [1.29, 1.82) is 0 Å². The first-order valence-corrected chi connectivity index (χ1v) is 6.06. The van der Waals surface area contributed by atoms with Crippen LogP contribution in [0.5, 0.6) is 5.75 Å². The van der Waals surface area contributed by atoms with Crippen LogP contribution in [-0.2, 0) is 9.53 Å². The van der Waals surface area contributed by atoms with Gasteiger partial charge in [0.25, 0.3) is 0 Å². The summed E-state index contributed by atoms with van der Waals surface area (Å²) in [6, 6.07) is 7.40. The van der Waals surface area contributed by atoms with E-state index in [9.17, 15) is 9.90 Å². The smallest absolute Gasteiger partial charge is 0.338 e. The van der Waals surface area contributed by atoms with E-state index in [1.54, 1.807) is 7.11 Å². The fraction of sp³-hybridized carbons (Fsp3) is 0.417. The van der Waals surface area contributed by atoms with Crippen LogP contribution in [0.2, 0.25) is 0 Å². The molecule has 1 aromatic carbocycles. The van der Waals surface area contributed by atoms with Crippen molar-refractivity contribution in [2.75, 3.05) is 20.0 Å². The first kappa shape index (κ1) is 13.9. The van der Waals surface area contributed by atoms with E-state index >= 15 is 0 Å². The minimum atomic E-state index is -1.47. The predicted octanol–water partition coefficient (Wildman–Crippen LogP) is 1.71. The molecule has 1 rings (SSSR count). The number of carbonyl (C=O) groups excluding carboxylic acids is 1. The number of aliphatic hydroxyl groups is 1. The highest BCUT2D eigenvalue weighted by Gasteiger charge is 2.31. The van der Waals surface area contributed by atoms with E-state index in [2.05, 4.69) is 4.74 Å². The van der Waals surface area contributed by atoms with E-state index in [0.717, 1.165) is 10.6 Å². The maximum Gasteiger partial charge on any atom is 0.338 e.